The summed E-state index contributed by atoms with van der Waals surface area (Å²) in [6, 6.07) is 6.85. The number of carbonyl (C=O) groups is 1. The molecule has 11 heteroatoms. The zero-order valence-electron chi connectivity index (χ0n) is 20.6. The van der Waals surface area contributed by atoms with Gasteiger partial charge < -0.3 is 11.1 Å². The SMILES string of the molecule is CC1(NSNc2nccc(Cc3cc(C(N)=O)c(Nc4ccc(C5CC5)cc4F)c(F)c3F)c2F)CCC1. The molecule has 2 aromatic carbocycles. The molecule has 200 valence electrons. The predicted molar refractivity (Wildman–Crippen MR) is 140 cm³/mol. The van der Waals surface area contributed by atoms with Crippen LogP contribution in [-0.4, -0.2) is 16.4 Å². The highest BCUT2D eigenvalue weighted by Crippen LogP contribution is 2.41. The number of hydrogen-bond acceptors (Lipinski definition) is 6. The van der Waals surface area contributed by atoms with Crippen LogP contribution in [0.5, 0.6) is 0 Å². The summed E-state index contributed by atoms with van der Waals surface area (Å²) >= 11 is 1.10. The molecule has 5 N–H and O–H groups in total. The Hall–Kier alpha value is -3.31. The second kappa shape index (κ2) is 10.5. The van der Waals surface area contributed by atoms with E-state index in [-0.39, 0.29) is 40.2 Å². The molecule has 0 bridgehead atoms. The van der Waals surface area contributed by atoms with Gasteiger partial charge in [-0.2, -0.15) is 0 Å². The van der Waals surface area contributed by atoms with Gasteiger partial charge in [0, 0.05) is 30.3 Å². The van der Waals surface area contributed by atoms with Gasteiger partial charge in [0.05, 0.1) is 16.9 Å². The van der Waals surface area contributed by atoms with Crippen LogP contribution in [0.15, 0.2) is 36.5 Å². The van der Waals surface area contributed by atoms with Gasteiger partial charge in [-0.3, -0.25) is 9.52 Å². The van der Waals surface area contributed by atoms with E-state index in [4.69, 9.17) is 5.73 Å². The Morgan fingerprint density at radius 2 is 1.84 bits per heavy atom. The van der Waals surface area contributed by atoms with Gasteiger partial charge in [-0.1, -0.05) is 6.07 Å². The average Bonchev–Trinajstić information content (AvgIpc) is 3.71. The number of pyridine rings is 1. The minimum atomic E-state index is -1.41. The molecule has 2 fully saturated rings. The van der Waals surface area contributed by atoms with Crippen molar-refractivity contribution >= 4 is 35.2 Å². The number of anilines is 3. The van der Waals surface area contributed by atoms with Crippen molar-refractivity contribution < 1.29 is 22.4 Å². The van der Waals surface area contributed by atoms with Crippen LogP contribution in [0.3, 0.4) is 0 Å². The van der Waals surface area contributed by atoms with Crippen LogP contribution in [0.25, 0.3) is 0 Å². The van der Waals surface area contributed by atoms with E-state index in [1.807, 2.05) is 0 Å². The van der Waals surface area contributed by atoms with Crippen LogP contribution < -0.4 is 20.5 Å². The van der Waals surface area contributed by atoms with Crippen molar-refractivity contribution in [2.75, 3.05) is 10.0 Å². The number of benzene rings is 2. The molecule has 0 saturated heterocycles. The third-order valence-electron chi connectivity index (χ3n) is 7.10. The largest absolute Gasteiger partial charge is 0.366 e. The zero-order chi connectivity index (χ0) is 27.0. The Labute approximate surface area is 222 Å². The van der Waals surface area contributed by atoms with E-state index in [0.717, 1.165) is 55.9 Å². The molecule has 0 spiro atoms. The second-order valence-corrected chi connectivity index (χ2v) is 10.7. The van der Waals surface area contributed by atoms with E-state index in [2.05, 4.69) is 26.7 Å². The number of nitrogens with two attached hydrogens (primary N) is 1. The molecule has 1 amide bonds. The second-order valence-electron chi connectivity index (χ2n) is 10.1. The summed E-state index contributed by atoms with van der Waals surface area (Å²) < 4.78 is 66.2. The number of hydrogen-bond donors (Lipinski definition) is 4. The molecule has 5 rings (SSSR count). The smallest absolute Gasteiger partial charge is 0.250 e. The van der Waals surface area contributed by atoms with E-state index < -0.39 is 34.9 Å². The lowest BCUT2D eigenvalue weighted by atomic mass is 9.80. The standard InChI is InChI=1S/C27H27F4N5OS/c1-27(8-2-9-27)36-38-35-26-22(30)16(7-10-33-26)11-17-12-18(25(32)37)24(23(31)21(17)29)34-20-6-5-15(13-19(20)28)14-3-4-14/h5-7,10,12-14,34,36H,2-4,8-9,11H2,1H3,(H2,32,37)(H,33,35). The normalized spacial score (nSPS) is 16.1. The van der Waals surface area contributed by atoms with E-state index in [1.54, 1.807) is 6.07 Å². The van der Waals surface area contributed by atoms with Gasteiger partial charge >= 0.3 is 0 Å². The highest BCUT2D eigenvalue weighted by Gasteiger charge is 2.31. The molecule has 38 heavy (non-hydrogen) atoms. The topological polar surface area (TPSA) is 92.1 Å². The minimum absolute atomic E-state index is 0.0322. The number of primary amides is 1. The van der Waals surface area contributed by atoms with Gasteiger partial charge in [0.15, 0.2) is 23.3 Å². The Kier molecular flexibility index (Phi) is 7.23. The van der Waals surface area contributed by atoms with Crippen molar-refractivity contribution in [3.8, 4) is 0 Å². The Balaban J connectivity index is 1.38. The summed E-state index contributed by atoms with van der Waals surface area (Å²) in [6.07, 6.45) is 6.07. The van der Waals surface area contributed by atoms with Gasteiger partial charge in [0.2, 0.25) is 0 Å². The molecular weight excluding hydrogens is 518 g/mol. The molecule has 1 heterocycles. The average molecular weight is 546 g/mol. The van der Waals surface area contributed by atoms with Crippen LogP contribution in [0, 0.1) is 23.3 Å². The fourth-order valence-corrected chi connectivity index (χ4v) is 5.21. The maximum absolute atomic E-state index is 15.2. The summed E-state index contributed by atoms with van der Waals surface area (Å²) in [4.78, 5) is 16.1. The highest BCUT2D eigenvalue weighted by molar-refractivity contribution is 7.98. The Morgan fingerprint density at radius 1 is 1.08 bits per heavy atom. The van der Waals surface area contributed by atoms with Gasteiger partial charge in [-0.25, -0.2) is 27.3 Å². The summed E-state index contributed by atoms with van der Waals surface area (Å²) in [5.74, 6) is -4.92. The van der Waals surface area contributed by atoms with Crippen LogP contribution in [0.1, 0.15) is 72.0 Å². The minimum Gasteiger partial charge on any atom is -0.366 e. The van der Waals surface area contributed by atoms with Crippen molar-refractivity contribution in [2.45, 2.75) is 56.9 Å². The first-order valence-electron chi connectivity index (χ1n) is 12.3. The number of carbonyl (C=O) groups excluding carboxylic acids is 1. The lowest BCUT2D eigenvalue weighted by Gasteiger charge is -2.38. The molecule has 2 aliphatic rings. The van der Waals surface area contributed by atoms with E-state index in [1.165, 1.54) is 24.4 Å². The first kappa shape index (κ1) is 26.3. The third kappa shape index (κ3) is 5.44. The molecule has 0 radical (unpaired) electrons. The molecule has 3 aromatic rings. The first-order valence-corrected chi connectivity index (χ1v) is 13.2. The Morgan fingerprint density at radius 3 is 2.47 bits per heavy atom. The maximum Gasteiger partial charge on any atom is 0.250 e. The van der Waals surface area contributed by atoms with E-state index in [9.17, 15) is 9.18 Å². The van der Waals surface area contributed by atoms with Crippen molar-refractivity contribution in [1.29, 1.82) is 0 Å². The number of nitrogens with one attached hydrogen (secondary N) is 3. The molecule has 2 aliphatic carbocycles. The van der Waals surface area contributed by atoms with Gasteiger partial charge in [0.1, 0.15) is 5.82 Å². The van der Waals surface area contributed by atoms with Gasteiger partial charge in [-0.15, -0.1) is 0 Å². The van der Waals surface area contributed by atoms with Crippen molar-refractivity contribution in [3.63, 3.8) is 0 Å². The molecule has 1 aromatic heterocycles. The number of nitrogens with zero attached hydrogens (tertiary/aromatic N) is 1. The number of rotatable bonds is 10. The molecule has 0 aliphatic heterocycles. The third-order valence-corrected chi connectivity index (χ3v) is 7.99. The summed E-state index contributed by atoms with van der Waals surface area (Å²) in [5.41, 5.74) is 4.91. The monoisotopic (exact) mass is 545 g/mol. The van der Waals surface area contributed by atoms with E-state index >= 15 is 13.2 Å². The highest BCUT2D eigenvalue weighted by atomic mass is 32.2. The van der Waals surface area contributed by atoms with Crippen LogP contribution in [-0.2, 0) is 6.42 Å². The zero-order valence-corrected chi connectivity index (χ0v) is 21.5. The summed E-state index contributed by atoms with van der Waals surface area (Å²) in [7, 11) is 0. The number of aromatic nitrogens is 1. The fraction of sp³-hybridized carbons (Fsp3) is 0.333. The molecule has 6 nitrogen and oxygen atoms in total. The predicted octanol–water partition coefficient (Wildman–Crippen LogP) is 6.46. The molecule has 2 saturated carbocycles. The summed E-state index contributed by atoms with van der Waals surface area (Å²) in [5, 5.41) is 2.48. The lowest BCUT2D eigenvalue weighted by molar-refractivity contribution is 0.100. The number of amides is 1. The van der Waals surface area contributed by atoms with Crippen molar-refractivity contribution in [3.05, 3.63) is 82.1 Å². The van der Waals surface area contributed by atoms with Gasteiger partial charge in [0.25, 0.3) is 5.91 Å². The molecule has 0 unspecified atom stereocenters. The Bertz CT molecular complexity index is 1390. The van der Waals surface area contributed by atoms with Crippen LogP contribution >= 0.6 is 12.1 Å². The first-order chi connectivity index (χ1) is 18.1. The summed E-state index contributed by atoms with van der Waals surface area (Å²) in [6.45, 7) is 2.06. The quantitative estimate of drug-likeness (QED) is 0.173. The van der Waals surface area contributed by atoms with Crippen molar-refractivity contribution in [1.82, 2.24) is 9.71 Å². The van der Waals surface area contributed by atoms with Crippen molar-refractivity contribution in [2.24, 2.45) is 5.73 Å². The van der Waals surface area contributed by atoms with Crippen LogP contribution in [0.4, 0.5) is 34.8 Å². The molecular formula is C27H27F4N5OS. The maximum atomic E-state index is 15.2. The van der Waals surface area contributed by atoms with Crippen LogP contribution in [0.2, 0.25) is 0 Å². The van der Waals surface area contributed by atoms with Gasteiger partial charge in [-0.05, 0) is 85.9 Å². The van der Waals surface area contributed by atoms with E-state index in [0.29, 0.717) is 5.92 Å². The lowest BCUT2D eigenvalue weighted by Crippen LogP contribution is -2.45. The molecule has 0 atom stereocenters. The fourth-order valence-electron chi connectivity index (χ4n) is 4.46. The number of halogens is 4.